The molecular weight excluding hydrogens is 176 g/mol. The van der Waals surface area contributed by atoms with Crippen LogP contribution in [0.2, 0.25) is 0 Å². The van der Waals surface area contributed by atoms with Crippen molar-refractivity contribution in [1.82, 2.24) is 0 Å². The highest BCUT2D eigenvalue weighted by molar-refractivity contribution is 4.94. The zero-order valence-corrected chi connectivity index (χ0v) is 7.64. The van der Waals surface area contributed by atoms with Gasteiger partial charge < -0.3 is 24.4 Å². The summed E-state index contributed by atoms with van der Waals surface area (Å²) in [5, 5.41) is 18.3. The minimum Gasteiger partial charge on any atom is -0.394 e. The van der Waals surface area contributed by atoms with Gasteiger partial charge in [0.25, 0.3) is 0 Å². The quantitative estimate of drug-likeness (QED) is 0.567. The molecule has 13 heavy (non-hydrogen) atoms. The summed E-state index contributed by atoms with van der Waals surface area (Å²) >= 11 is 0. The zero-order valence-electron chi connectivity index (χ0n) is 7.64. The first-order valence-electron chi connectivity index (χ1n) is 4.33. The van der Waals surface area contributed by atoms with Gasteiger partial charge in [0.05, 0.1) is 6.61 Å². The van der Waals surface area contributed by atoms with E-state index in [1.807, 2.05) is 0 Å². The Morgan fingerprint density at radius 2 is 1.85 bits per heavy atom. The second-order valence-electron chi connectivity index (χ2n) is 3.81. The Morgan fingerprint density at radius 3 is 2.46 bits per heavy atom. The van der Waals surface area contributed by atoms with Crippen LogP contribution in [0.3, 0.4) is 0 Å². The van der Waals surface area contributed by atoms with Crippen molar-refractivity contribution in [2.24, 2.45) is 0 Å². The van der Waals surface area contributed by atoms with E-state index in [2.05, 4.69) is 0 Å². The molecule has 5 heteroatoms. The molecule has 2 aliphatic rings. The fourth-order valence-corrected chi connectivity index (χ4v) is 1.81. The van der Waals surface area contributed by atoms with E-state index < -0.39 is 24.3 Å². The van der Waals surface area contributed by atoms with Crippen LogP contribution < -0.4 is 0 Å². The summed E-state index contributed by atoms with van der Waals surface area (Å²) in [5.74, 6) is -0.701. The first-order chi connectivity index (χ1) is 6.03. The van der Waals surface area contributed by atoms with Gasteiger partial charge in [0.2, 0.25) is 0 Å². The van der Waals surface area contributed by atoms with Crippen molar-refractivity contribution in [3.8, 4) is 0 Å². The van der Waals surface area contributed by atoms with Crippen LogP contribution in [0.1, 0.15) is 13.8 Å². The molecule has 0 aromatic heterocycles. The zero-order chi connectivity index (χ0) is 9.64. The average molecular weight is 190 g/mol. The fourth-order valence-electron chi connectivity index (χ4n) is 1.81. The van der Waals surface area contributed by atoms with E-state index >= 15 is 0 Å². The van der Waals surface area contributed by atoms with Gasteiger partial charge in [-0.05, 0) is 13.8 Å². The van der Waals surface area contributed by atoms with Crippen molar-refractivity contribution in [1.29, 1.82) is 0 Å². The van der Waals surface area contributed by atoms with Crippen molar-refractivity contribution >= 4 is 0 Å². The molecule has 2 rings (SSSR count). The topological polar surface area (TPSA) is 68.2 Å². The molecule has 0 bridgehead atoms. The first kappa shape index (κ1) is 9.36. The van der Waals surface area contributed by atoms with E-state index in [9.17, 15) is 5.11 Å². The maximum absolute atomic E-state index is 9.39. The molecular formula is C8H14O5. The SMILES string of the molecule is CC1(C)O[C@@H]2[C@H](O1)[C@H](CO)O[C@@H]2O. The lowest BCUT2D eigenvalue weighted by Crippen LogP contribution is -2.31. The summed E-state index contributed by atoms with van der Waals surface area (Å²) in [5.41, 5.74) is 0. The van der Waals surface area contributed by atoms with Crippen LogP contribution in [0, 0.1) is 0 Å². The summed E-state index contributed by atoms with van der Waals surface area (Å²) < 4.78 is 15.9. The Hall–Kier alpha value is -0.200. The number of fused-ring (bicyclic) bond motifs is 1. The summed E-state index contributed by atoms with van der Waals surface area (Å²) in [4.78, 5) is 0. The van der Waals surface area contributed by atoms with Gasteiger partial charge in [-0.25, -0.2) is 0 Å². The van der Waals surface area contributed by atoms with Gasteiger partial charge >= 0.3 is 0 Å². The Labute approximate surface area is 76.2 Å². The predicted octanol–water partition coefficient (Wildman–Crippen LogP) is -0.784. The normalized spacial score (nSPS) is 48.0. The van der Waals surface area contributed by atoms with Crippen molar-refractivity contribution in [2.45, 2.75) is 44.2 Å². The van der Waals surface area contributed by atoms with Crippen molar-refractivity contribution in [3.05, 3.63) is 0 Å². The second kappa shape index (κ2) is 2.90. The number of hydrogen-bond donors (Lipinski definition) is 2. The third kappa shape index (κ3) is 1.47. The second-order valence-corrected chi connectivity index (χ2v) is 3.81. The lowest BCUT2D eigenvalue weighted by Gasteiger charge is -2.21. The van der Waals surface area contributed by atoms with Gasteiger partial charge in [-0.2, -0.15) is 0 Å². The molecule has 2 fully saturated rings. The van der Waals surface area contributed by atoms with Crippen molar-refractivity contribution in [3.63, 3.8) is 0 Å². The van der Waals surface area contributed by atoms with Gasteiger partial charge in [-0.15, -0.1) is 0 Å². The summed E-state index contributed by atoms with van der Waals surface area (Å²) in [6.45, 7) is 3.37. The molecule has 0 spiro atoms. The molecule has 2 N–H and O–H groups in total. The molecule has 0 aliphatic carbocycles. The molecule has 76 valence electrons. The molecule has 0 saturated carbocycles. The van der Waals surface area contributed by atoms with E-state index in [-0.39, 0.29) is 12.7 Å². The van der Waals surface area contributed by atoms with E-state index in [0.717, 1.165) is 0 Å². The van der Waals surface area contributed by atoms with Crippen LogP contribution in [0.25, 0.3) is 0 Å². The van der Waals surface area contributed by atoms with Gasteiger partial charge in [-0.1, -0.05) is 0 Å². The third-order valence-electron chi connectivity index (χ3n) is 2.31. The van der Waals surface area contributed by atoms with E-state index in [1.54, 1.807) is 13.8 Å². The highest BCUT2D eigenvalue weighted by Crippen LogP contribution is 2.37. The monoisotopic (exact) mass is 190 g/mol. The first-order valence-corrected chi connectivity index (χ1v) is 4.33. The van der Waals surface area contributed by atoms with E-state index in [0.29, 0.717) is 0 Å². The molecule has 0 aromatic rings. The van der Waals surface area contributed by atoms with Crippen LogP contribution in [-0.2, 0) is 14.2 Å². The smallest absolute Gasteiger partial charge is 0.184 e. The predicted molar refractivity (Wildman–Crippen MR) is 41.8 cm³/mol. The van der Waals surface area contributed by atoms with Crippen LogP contribution in [0.5, 0.6) is 0 Å². The van der Waals surface area contributed by atoms with Gasteiger partial charge in [-0.3, -0.25) is 0 Å². The minimum atomic E-state index is -0.996. The van der Waals surface area contributed by atoms with Crippen LogP contribution in [0.15, 0.2) is 0 Å². The number of hydrogen-bond acceptors (Lipinski definition) is 5. The van der Waals surface area contributed by atoms with Gasteiger partial charge in [0.15, 0.2) is 12.1 Å². The summed E-state index contributed by atoms with van der Waals surface area (Å²) in [6, 6.07) is 0. The van der Waals surface area contributed by atoms with Gasteiger partial charge in [0, 0.05) is 0 Å². The summed E-state index contributed by atoms with van der Waals surface area (Å²) in [6.07, 6.45) is -2.33. The minimum absolute atomic E-state index is 0.169. The molecule has 2 heterocycles. The molecule has 2 saturated heterocycles. The Morgan fingerprint density at radius 1 is 1.23 bits per heavy atom. The molecule has 0 radical (unpaired) electrons. The number of aliphatic hydroxyl groups excluding tert-OH is 2. The maximum Gasteiger partial charge on any atom is 0.184 e. The summed E-state index contributed by atoms with van der Waals surface area (Å²) in [7, 11) is 0. The Bertz CT molecular complexity index is 205. The van der Waals surface area contributed by atoms with E-state index in [1.165, 1.54) is 0 Å². The molecule has 2 aliphatic heterocycles. The number of ether oxygens (including phenoxy) is 3. The van der Waals surface area contributed by atoms with Crippen LogP contribution >= 0.6 is 0 Å². The Balaban J connectivity index is 2.12. The Kier molecular flexibility index (Phi) is 2.08. The number of rotatable bonds is 1. The third-order valence-corrected chi connectivity index (χ3v) is 2.31. The van der Waals surface area contributed by atoms with E-state index in [4.69, 9.17) is 19.3 Å². The average Bonchev–Trinajstić information content (AvgIpc) is 2.47. The maximum atomic E-state index is 9.39. The fraction of sp³-hybridized carbons (Fsp3) is 1.00. The van der Waals surface area contributed by atoms with Crippen LogP contribution in [0.4, 0.5) is 0 Å². The number of aliphatic hydroxyl groups is 2. The lowest BCUT2D eigenvalue weighted by atomic mass is 10.1. The lowest BCUT2D eigenvalue weighted by molar-refractivity contribution is -0.223. The molecule has 4 atom stereocenters. The molecule has 0 amide bonds. The largest absolute Gasteiger partial charge is 0.394 e. The highest BCUT2D eigenvalue weighted by Gasteiger charge is 2.54. The highest BCUT2D eigenvalue weighted by atomic mass is 16.8. The standard InChI is InChI=1S/C8H14O5/c1-8(2)12-5-4(3-9)11-7(10)6(5)13-8/h4-7,9-10H,3H2,1-2H3/t4-,5+,6+,7-/m0/s1. The van der Waals surface area contributed by atoms with Crippen molar-refractivity contribution in [2.75, 3.05) is 6.61 Å². The van der Waals surface area contributed by atoms with Crippen molar-refractivity contribution < 1.29 is 24.4 Å². The van der Waals surface area contributed by atoms with Gasteiger partial charge in [0.1, 0.15) is 18.3 Å². The molecule has 0 aromatic carbocycles. The molecule has 0 unspecified atom stereocenters. The molecule has 5 nitrogen and oxygen atoms in total. The van der Waals surface area contributed by atoms with Crippen LogP contribution in [-0.4, -0.2) is 47.2 Å².